The average Bonchev–Trinajstić information content (AvgIpc) is 3.84. The smallest absolute Gasteiger partial charge is 0.352 e. The van der Waals surface area contributed by atoms with Crippen molar-refractivity contribution in [2.75, 3.05) is 72.2 Å². The van der Waals surface area contributed by atoms with Crippen LogP contribution in [0.15, 0.2) is 54.6 Å². The summed E-state index contributed by atoms with van der Waals surface area (Å²) in [6, 6.07) is 14.5. The number of nitrogens with zero attached hydrogens (tertiary/aromatic N) is 6. The lowest BCUT2D eigenvalue weighted by molar-refractivity contribution is -0.384. The molecule has 19 heteroatoms. The van der Waals surface area contributed by atoms with E-state index in [1.165, 1.54) is 30.3 Å². The van der Waals surface area contributed by atoms with Crippen LogP contribution in [0.25, 0.3) is 32.7 Å². The summed E-state index contributed by atoms with van der Waals surface area (Å²) in [6.07, 6.45) is 0. The topological polar surface area (TPSA) is 244 Å². The summed E-state index contributed by atoms with van der Waals surface area (Å²) < 4.78 is 0. The summed E-state index contributed by atoms with van der Waals surface area (Å²) in [5.41, 5.74) is 12.4. The number of nitro benzene ring substituents is 2. The van der Waals surface area contributed by atoms with Gasteiger partial charge in [0, 0.05) is 115 Å². The molecule has 2 aliphatic heterocycles. The number of nitrogen functional groups attached to an aromatic ring is 1. The van der Waals surface area contributed by atoms with Gasteiger partial charge in [-0.15, -0.1) is 12.4 Å². The zero-order valence-electron chi connectivity index (χ0n) is 33.3. The fraction of sp³-hybridized carbons (Fsp3) is 0.325. The second kappa shape index (κ2) is 18.0. The van der Waals surface area contributed by atoms with E-state index < -0.39 is 15.8 Å². The number of piperazine rings is 2. The van der Waals surface area contributed by atoms with Crippen LogP contribution in [0.5, 0.6) is 0 Å². The van der Waals surface area contributed by atoms with Crippen LogP contribution in [0.3, 0.4) is 0 Å². The molecule has 0 spiro atoms. The summed E-state index contributed by atoms with van der Waals surface area (Å²) >= 11 is 0. The number of halogens is 1. The van der Waals surface area contributed by atoms with Gasteiger partial charge >= 0.3 is 5.97 Å². The summed E-state index contributed by atoms with van der Waals surface area (Å²) in [4.78, 5) is 73.9. The highest BCUT2D eigenvalue weighted by atomic mass is 35.5. The van der Waals surface area contributed by atoms with Crippen molar-refractivity contribution in [1.29, 1.82) is 0 Å². The predicted octanol–water partition coefficient (Wildman–Crippen LogP) is 5.72. The first kappa shape index (κ1) is 43.6. The number of hydrogen-bond acceptors (Lipinski definition) is 10. The van der Waals surface area contributed by atoms with Gasteiger partial charge in [-0.1, -0.05) is 0 Å². The van der Waals surface area contributed by atoms with Crippen LogP contribution in [0.4, 0.5) is 17.1 Å². The number of rotatable bonds is 5. The molecule has 0 atom stereocenters. The molecule has 6 N–H and O–H groups in total. The normalized spacial score (nSPS) is 14.6. The highest BCUT2D eigenvalue weighted by Crippen LogP contribution is 2.28. The summed E-state index contributed by atoms with van der Waals surface area (Å²) in [5, 5.41) is 32.7. The van der Waals surface area contributed by atoms with Crippen LogP contribution < -0.4 is 5.73 Å². The van der Waals surface area contributed by atoms with Crippen LogP contribution in [0, 0.1) is 41.0 Å². The number of anilines is 1. The van der Waals surface area contributed by atoms with E-state index in [0.29, 0.717) is 40.9 Å². The third-order valence-corrected chi connectivity index (χ3v) is 10.8. The number of H-pyrrole nitrogens is 3. The lowest BCUT2D eigenvalue weighted by Crippen LogP contribution is -2.47. The Kier molecular flexibility index (Phi) is 13.3. The molecule has 6 aromatic rings. The van der Waals surface area contributed by atoms with E-state index in [1.807, 2.05) is 48.9 Å². The molecule has 5 heterocycles. The molecular formula is C40H47ClN10O8. The van der Waals surface area contributed by atoms with Gasteiger partial charge in [-0.05, 0) is 81.9 Å². The lowest BCUT2D eigenvalue weighted by Gasteiger charge is -2.32. The third kappa shape index (κ3) is 9.30. The van der Waals surface area contributed by atoms with Crippen molar-refractivity contribution in [2.24, 2.45) is 0 Å². The maximum atomic E-state index is 12.7. The number of aromatic carboxylic acids is 1. The number of carboxylic acids is 1. The van der Waals surface area contributed by atoms with Gasteiger partial charge in [-0.2, -0.15) is 0 Å². The Balaban J connectivity index is 0.000000169. The number of aromatic amines is 3. The van der Waals surface area contributed by atoms with Crippen molar-refractivity contribution in [3.63, 3.8) is 0 Å². The Morgan fingerprint density at radius 2 is 0.932 bits per heavy atom. The molecule has 0 unspecified atom stereocenters. The molecule has 2 amide bonds. The van der Waals surface area contributed by atoms with Gasteiger partial charge in [0.15, 0.2) is 0 Å². The Labute approximate surface area is 344 Å². The van der Waals surface area contributed by atoms with Gasteiger partial charge in [0.2, 0.25) is 0 Å². The molecule has 8 rings (SSSR count). The minimum absolute atomic E-state index is 0. The lowest BCUT2D eigenvalue weighted by atomic mass is 10.1. The molecule has 312 valence electrons. The highest BCUT2D eigenvalue weighted by molar-refractivity contribution is 6.02. The molecule has 59 heavy (non-hydrogen) atoms. The number of nitrogens with one attached hydrogen (secondary N) is 3. The van der Waals surface area contributed by atoms with Crippen LogP contribution in [0.2, 0.25) is 0 Å². The number of carboxylic acid groups (broad SMARTS) is 1. The molecule has 0 radical (unpaired) electrons. The Morgan fingerprint density at radius 1 is 0.593 bits per heavy atom. The Bertz CT molecular complexity index is 2560. The van der Waals surface area contributed by atoms with Gasteiger partial charge < -0.3 is 45.4 Å². The third-order valence-electron chi connectivity index (χ3n) is 10.8. The zero-order chi connectivity index (χ0) is 42.0. The van der Waals surface area contributed by atoms with Crippen molar-refractivity contribution in [3.8, 4) is 0 Å². The fourth-order valence-corrected chi connectivity index (χ4v) is 7.18. The molecule has 0 saturated carbocycles. The molecule has 0 bridgehead atoms. The second-order valence-corrected chi connectivity index (χ2v) is 14.7. The monoisotopic (exact) mass is 830 g/mol. The van der Waals surface area contributed by atoms with Gasteiger partial charge in [0.1, 0.15) is 17.1 Å². The van der Waals surface area contributed by atoms with Gasteiger partial charge in [-0.3, -0.25) is 29.8 Å². The first-order chi connectivity index (χ1) is 27.5. The maximum absolute atomic E-state index is 12.7. The SMILES string of the molecule is Cc1c(C(=O)N2CCN(C)CC2)[nH]c2ccc(N)cc12.Cc1c(C(=O)N2CCN(C)CC2)[nH]c2ccc([N+](=O)[O-])cc12.Cc1c(C(=O)O)[nH]c2ccc([N+](=O)[O-])cc12.Cl. The first-order valence-corrected chi connectivity index (χ1v) is 18.6. The molecule has 0 aliphatic carbocycles. The summed E-state index contributed by atoms with van der Waals surface area (Å²) in [7, 11) is 4.12. The van der Waals surface area contributed by atoms with E-state index in [-0.39, 0.29) is 41.3 Å². The van der Waals surface area contributed by atoms with E-state index in [1.54, 1.807) is 13.0 Å². The van der Waals surface area contributed by atoms with Crippen LogP contribution >= 0.6 is 12.4 Å². The van der Waals surface area contributed by atoms with E-state index in [2.05, 4.69) is 31.8 Å². The van der Waals surface area contributed by atoms with Crippen molar-refractivity contribution in [3.05, 3.63) is 109 Å². The van der Waals surface area contributed by atoms with Crippen molar-refractivity contribution in [2.45, 2.75) is 20.8 Å². The van der Waals surface area contributed by atoms with Crippen LogP contribution in [-0.2, 0) is 0 Å². The Morgan fingerprint density at radius 3 is 1.31 bits per heavy atom. The minimum Gasteiger partial charge on any atom is -0.477 e. The van der Waals surface area contributed by atoms with Gasteiger partial charge in [-0.25, -0.2) is 4.79 Å². The quantitative estimate of drug-likeness (QED) is 0.0799. The van der Waals surface area contributed by atoms with Gasteiger partial charge in [0.25, 0.3) is 23.2 Å². The molecule has 18 nitrogen and oxygen atoms in total. The van der Waals surface area contributed by atoms with Crippen molar-refractivity contribution in [1.82, 2.24) is 34.6 Å². The average molecular weight is 831 g/mol. The number of amides is 2. The van der Waals surface area contributed by atoms with E-state index >= 15 is 0 Å². The predicted molar refractivity (Wildman–Crippen MR) is 228 cm³/mol. The number of aryl methyl sites for hydroxylation is 3. The van der Waals surface area contributed by atoms with E-state index in [4.69, 9.17) is 10.8 Å². The summed E-state index contributed by atoms with van der Waals surface area (Å²) in [5.74, 6) is -1.02. The molecule has 3 aromatic heterocycles. The standard InChI is InChI=1S/C15H18N4O3.C15H20N4O.C10H8N2O4.ClH/c1-10-12-9-11(19(21)22)3-4-13(12)16-14(10)15(20)18-7-5-17(2)6-8-18;1-10-12-9-11(16)3-4-13(12)17-14(10)15(20)19-7-5-18(2)6-8-19;1-5-7-4-6(12(15)16)2-3-8(7)11-9(5)10(13)14;/h3-4,9,16H,5-8H2,1-2H3;3-4,9,17H,5-8,16H2,1-2H3;2-4,11H,1H3,(H,13,14);1H. The van der Waals surface area contributed by atoms with E-state index in [0.717, 1.165) is 77.9 Å². The number of fused-ring (bicyclic) bond motifs is 3. The molecule has 2 saturated heterocycles. The van der Waals surface area contributed by atoms with Crippen molar-refractivity contribution >= 4 is 80.0 Å². The number of carbonyl (C=O) groups excluding carboxylic acids is 2. The Hall–Kier alpha value is -6.50. The van der Waals surface area contributed by atoms with Crippen molar-refractivity contribution < 1.29 is 29.3 Å². The van der Waals surface area contributed by atoms with E-state index in [9.17, 15) is 34.6 Å². The number of benzene rings is 3. The summed E-state index contributed by atoms with van der Waals surface area (Å²) in [6.45, 7) is 12.0. The van der Waals surface area contributed by atoms with Gasteiger partial charge in [0.05, 0.1) is 9.85 Å². The minimum atomic E-state index is -1.07. The molecule has 2 fully saturated rings. The van der Waals surface area contributed by atoms with Crippen LogP contribution in [-0.4, -0.2) is 134 Å². The largest absolute Gasteiger partial charge is 0.477 e. The maximum Gasteiger partial charge on any atom is 0.352 e. The molecule has 3 aromatic carbocycles. The number of non-ortho nitro benzene ring substituents is 2. The number of hydrogen-bond donors (Lipinski definition) is 5. The number of likely N-dealkylation sites (N-methyl/N-ethyl adjacent to an activating group) is 2. The molecular weight excluding hydrogens is 784 g/mol. The molecule has 2 aliphatic rings. The number of nitrogens with two attached hydrogens (primary N) is 1. The van der Waals surface area contributed by atoms with Crippen LogP contribution in [0.1, 0.15) is 48.2 Å². The highest BCUT2D eigenvalue weighted by Gasteiger charge is 2.26. The number of nitro groups is 2. The fourth-order valence-electron chi connectivity index (χ4n) is 7.18. The zero-order valence-corrected chi connectivity index (χ0v) is 34.1. The number of aromatic nitrogens is 3. The number of carbonyl (C=O) groups is 3. The second-order valence-electron chi connectivity index (χ2n) is 14.7. The first-order valence-electron chi connectivity index (χ1n) is 18.6.